The highest BCUT2D eigenvalue weighted by Gasteiger charge is 2.16. The van der Waals surface area contributed by atoms with Crippen LogP contribution in [-0.4, -0.2) is 4.98 Å². The van der Waals surface area contributed by atoms with E-state index in [9.17, 15) is 0 Å². The van der Waals surface area contributed by atoms with Gasteiger partial charge in [0.15, 0.2) is 0 Å². The van der Waals surface area contributed by atoms with Crippen LogP contribution < -0.4 is 5.73 Å². The molecule has 0 aliphatic heterocycles. The first-order valence-corrected chi connectivity index (χ1v) is 7.64. The second-order valence-corrected chi connectivity index (χ2v) is 6.74. The number of hydrogen-bond acceptors (Lipinski definition) is 3. The normalized spacial score (nSPS) is 11.5. The molecule has 0 bridgehead atoms. The van der Waals surface area contributed by atoms with Gasteiger partial charge in [-0.2, -0.15) is 0 Å². The Kier molecular flexibility index (Phi) is 4.25. The molecule has 0 aliphatic rings. The Morgan fingerprint density at radius 2 is 1.95 bits per heavy atom. The van der Waals surface area contributed by atoms with E-state index in [1.54, 1.807) is 11.3 Å². The van der Waals surface area contributed by atoms with Gasteiger partial charge in [-0.05, 0) is 30.4 Å². The summed E-state index contributed by atoms with van der Waals surface area (Å²) in [4.78, 5) is 6.25. The van der Waals surface area contributed by atoms with Gasteiger partial charge in [-0.25, -0.2) is 4.98 Å². The Bertz CT molecular complexity index is 556. The number of rotatable bonds is 4. The predicted octanol–water partition coefficient (Wildman–Crippen LogP) is 4.71. The van der Waals surface area contributed by atoms with Gasteiger partial charge >= 0.3 is 0 Å². The largest absolute Gasteiger partial charge is 0.399 e. The van der Waals surface area contributed by atoms with Crippen LogP contribution in [0.25, 0.3) is 10.6 Å². The highest BCUT2D eigenvalue weighted by molar-refractivity contribution is 7.15. The SMILES string of the molecule is CC(C)Cc1nc(-c2cccc(N)c2)sc1C(C)C. The number of nitrogen functional groups attached to an aromatic ring is 1. The highest BCUT2D eigenvalue weighted by atomic mass is 32.1. The monoisotopic (exact) mass is 274 g/mol. The van der Waals surface area contributed by atoms with Crippen molar-refractivity contribution >= 4 is 17.0 Å². The summed E-state index contributed by atoms with van der Waals surface area (Å²) >= 11 is 1.80. The Balaban J connectivity index is 2.42. The quantitative estimate of drug-likeness (QED) is 0.820. The van der Waals surface area contributed by atoms with Crippen LogP contribution in [0.15, 0.2) is 24.3 Å². The minimum Gasteiger partial charge on any atom is -0.399 e. The van der Waals surface area contributed by atoms with Gasteiger partial charge in [0.2, 0.25) is 0 Å². The molecule has 0 fully saturated rings. The minimum absolute atomic E-state index is 0.529. The summed E-state index contributed by atoms with van der Waals surface area (Å²) in [5, 5.41) is 1.09. The van der Waals surface area contributed by atoms with Crippen LogP contribution in [0.2, 0.25) is 0 Å². The maximum atomic E-state index is 5.86. The molecule has 0 aliphatic carbocycles. The van der Waals surface area contributed by atoms with Crippen molar-refractivity contribution in [3.63, 3.8) is 0 Å². The minimum atomic E-state index is 0.529. The zero-order valence-electron chi connectivity index (χ0n) is 12.1. The van der Waals surface area contributed by atoms with Gasteiger partial charge in [0.1, 0.15) is 5.01 Å². The van der Waals surface area contributed by atoms with Crippen molar-refractivity contribution in [3.8, 4) is 10.6 Å². The lowest BCUT2D eigenvalue weighted by Gasteiger charge is -2.06. The molecular weight excluding hydrogens is 252 g/mol. The summed E-state index contributed by atoms with van der Waals surface area (Å²) in [6, 6.07) is 7.99. The molecule has 2 aromatic rings. The average molecular weight is 274 g/mol. The summed E-state index contributed by atoms with van der Waals surface area (Å²) in [6.07, 6.45) is 1.05. The first kappa shape index (κ1) is 14.1. The lowest BCUT2D eigenvalue weighted by atomic mass is 10.0. The number of benzene rings is 1. The molecule has 1 aromatic carbocycles. The molecule has 2 N–H and O–H groups in total. The second kappa shape index (κ2) is 5.74. The summed E-state index contributed by atoms with van der Waals surface area (Å²) in [7, 11) is 0. The van der Waals surface area contributed by atoms with Crippen LogP contribution in [0, 0.1) is 5.92 Å². The fraction of sp³-hybridized carbons (Fsp3) is 0.438. The lowest BCUT2D eigenvalue weighted by Crippen LogP contribution is -1.99. The standard InChI is InChI=1S/C16H22N2S/c1-10(2)8-14-15(11(3)4)19-16(18-14)12-6-5-7-13(17)9-12/h5-7,9-11H,8,17H2,1-4H3. The molecule has 0 radical (unpaired) electrons. The van der Waals surface area contributed by atoms with Crippen molar-refractivity contribution in [1.82, 2.24) is 4.98 Å². The van der Waals surface area contributed by atoms with Crippen LogP contribution in [0.1, 0.15) is 44.2 Å². The van der Waals surface area contributed by atoms with Gasteiger partial charge in [0, 0.05) is 16.1 Å². The number of hydrogen-bond donors (Lipinski definition) is 1. The third kappa shape index (κ3) is 3.35. The molecule has 19 heavy (non-hydrogen) atoms. The van der Waals surface area contributed by atoms with Gasteiger partial charge in [0.25, 0.3) is 0 Å². The van der Waals surface area contributed by atoms with E-state index in [-0.39, 0.29) is 0 Å². The summed E-state index contributed by atoms with van der Waals surface area (Å²) in [6.45, 7) is 8.95. The first-order chi connectivity index (χ1) is 8.97. The second-order valence-electron chi connectivity index (χ2n) is 5.71. The van der Waals surface area contributed by atoms with E-state index < -0.39 is 0 Å². The molecule has 1 heterocycles. The van der Waals surface area contributed by atoms with Crippen molar-refractivity contribution in [2.45, 2.75) is 40.0 Å². The zero-order chi connectivity index (χ0) is 14.0. The maximum absolute atomic E-state index is 5.86. The van der Waals surface area contributed by atoms with Crippen LogP contribution in [0.3, 0.4) is 0 Å². The molecular formula is C16H22N2S. The van der Waals surface area contributed by atoms with Crippen LogP contribution in [0.5, 0.6) is 0 Å². The first-order valence-electron chi connectivity index (χ1n) is 6.83. The van der Waals surface area contributed by atoms with E-state index in [1.807, 2.05) is 18.2 Å². The molecule has 3 heteroatoms. The maximum Gasteiger partial charge on any atom is 0.123 e. The van der Waals surface area contributed by atoms with Crippen molar-refractivity contribution in [3.05, 3.63) is 34.8 Å². The van der Waals surface area contributed by atoms with E-state index in [0.717, 1.165) is 22.7 Å². The number of nitrogens with two attached hydrogens (primary N) is 1. The van der Waals surface area contributed by atoms with Crippen LogP contribution >= 0.6 is 11.3 Å². The fourth-order valence-corrected chi connectivity index (χ4v) is 3.23. The van der Waals surface area contributed by atoms with Gasteiger partial charge in [-0.1, -0.05) is 39.8 Å². The predicted molar refractivity (Wildman–Crippen MR) is 84.6 cm³/mol. The number of aromatic nitrogens is 1. The third-order valence-corrected chi connectivity index (χ3v) is 4.43. The number of anilines is 1. The molecule has 0 spiro atoms. The van der Waals surface area contributed by atoms with E-state index in [2.05, 4.69) is 33.8 Å². The third-order valence-electron chi connectivity index (χ3n) is 2.99. The van der Waals surface area contributed by atoms with Crippen molar-refractivity contribution < 1.29 is 0 Å². The molecule has 0 saturated carbocycles. The number of thiazole rings is 1. The molecule has 0 saturated heterocycles. The Morgan fingerprint density at radius 1 is 1.21 bits per heavy atom. The van der Waals surface area contributed by atoms with Gasteiger partial charge in [-0.3, -0.25) is 0 Å². The Hall–Kier alpha value is -1.35. The Morgan fingerprint density at radius 3 is 2.53 bits per heavy atom. The molecule has 0 atom stereocenters. The van der Waals surface area contributed by atoms with Crippen LogP contribution in [0.4, 0.5) is 5.69 Å². The molecule has 0 unspecified atom stereocenters. The Labute approximate surface area is 119 Å². The van der Waals surface area contributed by atoms with Crippen molar-refractivity contribution in [1.29, 1.82) is 0 Å². The summed E-state index contributed by atoms with van der Waals surface area (Å²) in [5.74, 6) is 1.16. The van der Waals surface area contributed by atoms with Crippen molar-refractivity contribution in [2.24, 2.45) is 5.92 Å². The highest BCUT2D eigenvalue weighted by Crippen LogP contribution is 2.34. The lowest BCUT2D eigenvalue weighted by molar-refractivity contribution is 0.630. The summed E-state index contributed by atoms with van der Waals surface area (Å²) < 4.78 is 0. The van der Waals surface area contributed by atoms with E-state index in [1.165, 1.54) is 10.6 Å². The number of nitrogens with zero attached hydrogens (tertiary/aromatic N) is 1. The molecule has 1 aromatic heterocycles. The summed E-state index contributed by atoms with van der Waals surface area (Å²) in [5.41, 5.74) is 9.04. The van der Waals surface area contributed by atoms with Gasteiger partial charge < -0.3 is 5.73 Å². The molecule has 0 amide bonds. The van der Waals surface area contributed by atoms with Gasteiger partial charge in [-0.15, -0.1) is 11.3 Å². The van der Waals surface area contributed by atoms with E-state index in [0.29, 0.717) is 11.8 Å². The topological polar surface area (TPSA) is 38.9 Å². The van der Waals surface area contributed by atoms with Crippen molar-refractivity contribution in [2.75, 3.05) is 5.73 Å². The van der Waals surface area contributed by atoms with E-state index >= 15 is 0 Å². The van der Waals surface area contributed by atoms with E-state index in [4.69, 9.17) is 10.7 Å². The molecule has 2 rings (SSSR count). The van der Waals surface area contributed by atoms with Crippen LogP contribution in [-0.2, 0) is 6.42 Å². The molecule has 102 valence electrons. The van der Waals surface area contributed by atoms with Gasteiger partial charge in [0.05, 0.1) is 5.69 Å². The fourth-order valence-electron chi connectivity index (χ4n) is 2.14. The molecule has 2 nitrogen and oxygen atoms in total. The smallest absolute Gasteiger partial charge is 0.123 e. The average Bonchev–Trinajstić information content (AvgIpc) is 2.72. The zero-order valence-corrected chi connectivity index (χ0v) is 12.9.